The number of amides is 1. The molecule has 3 aromatic rings. The van der Waals surface area contributed by atoms with E-state index >= 15 is 0 Å². The number of aromatic nitrogens is 1. The van der Waals surface area contributed by atoms with Crippen molar-refractivity contribution in [3.8, 4) is 35.1 Å². The van der Waals surface area contributed by atoms with Gasteiger partial charge in [-0.05, 0) is 31.2 Å². The molecule has 2 aromatic carbocycles. The minimum Gasteiger partial charge on any atom is -0.436 e. The molecule has 0 radical (unpaired) electrons. The number of hydrogen-bond donors (Lipinski definition) is 0. The van der Waals surface area contributed by atoms with Crippen LogP contribution in [0.2, 0.25) is 0 Å². The highest BCUT2D eigenvalue weighted by Crippen LogP contribution is 2.34. The van der Waals surface area contributed by atoms with Crippen molar-refractivity contribution in [2.45, 2.75) is 20.3 Å². The maximum atomic E-state index is 14.8. The standard InChI is InChI=1S/C25H21F2N3O5/c1-14-22(26)24(34-18-7-5-6-16(10-18)13-28)29-25(23(14)27)35-19-9-8-17(11-21(32)30(3)4)20(12-19)33-15(2)31/h5-10,12H,11H2,1-4H3. The maximum Gasteiger partial charge on any atom is 0.308 e. The number of halogens is 2. The highest BCUT2D eigenvalue weighted by atomic mass is 19.1. The van der Waals surface area contributed by atoms with Gasteiger partial charge in [-0.25, -0.2) is 8.78 Å². The van der Waals surface area contributed by atoms with Gasteiger partial charge in [0.25, 0.3) is 11.8 Å². The smallest absolute Gasteiger partial charge is 0.308 e. The third kappa shape index (κ3) is 6.09. The first kappa shape index (κ1) is 25.1. The molecule has 0 aliphatic heterocycles. The van der Waals surface area contributed by atoms with Crippen LogP contribution in [0.15, 0.2) is 42.5 Å². The summed E-state index contributed by atoms with van der Waals surface area (Å²) in [5.41, 5.74) is 0.301. The van der Waals surface area contributed by atoms with Crippen molar-refractivity contribution in [3.05, 3.63) is 70.8 Å². The third-order valence-electron chi connectivity index (χ3n) is 4.76. The molecule has 1 amide bonds. The molecule has 0 atom stereocenters. The zero-order valence-electron chi connectivity index (χ0n) is 19.4. The molecule has 0 N–H and O–H groups in total. The van der Waals surface area contributed by atoms with Gasteiger partial charge < -0.3 is 19.1 Å². The van der Waals surface area contributed by atoms with E-state index in [-0.39, 0.29) is 35.1 Å². The molecule has 0 fully saturated rings. The summed E-state index contributed by atoms with van der Waals surface area (Å²) >= 11 is 0. The number of ether oxygens (including phenoxy) is 3. The fourth-order valence-electron chi connectivity index (χ4n) is 2.91. The Morgan fingerprint density at radius 1 is 1.03 bits per heavy atom. The van der Waals surface area contributed by atoms with E-state index in [0.29, 0.717) is 5.56 Å². The average molecular weight is 481 g/mol. The Morgan fingerprint density at radius 3 is 2.23 bits per heavy atom. The molecule has 0 spiro atoms. The molecule has 180 valence electrons. The van der Waals surface area contributed by atoms with Crippen LogP contribution in [0.5, 0.6) is 29.0 Å². The van der Waals surface area contributed by atoms with Gasteiger partial charge in [0.1, 0.15) is 17.2 Å². The molecule has 8 nitrogen and oxygen atoms in total. The van der Waals surface area contributed by atoms with Gasteiger partial charge in [0, 0.05) is 38.2 Å². The number of esters is 1. The fourth-order valence-corrected chi connectivity index (χ4v) is 2.91. The Labute approximate surface area is 200 Å². The number of pyridine rings is 1. The Morgan fingerprint density at radius 2 is 1.66 bits per heavy atom. The summed E-state index contributed by atoms with van der Waals surface area (Å²) in [7, 11) is 3.18. The first-order valence-electron chi connectivity index (χ1n) is 10.3. The van der Waals surface area contributed by atoms with E-state index in [2.05, 4.69) is 4.98 Å². The summed E-state index contributed by atoms with van der Waals surface area (Å²) in [4.78, 5) is 28.8. The molecule has 1 aromatic heterocycles. The molecule has 0 aliphatic rings. The van der Waals surface area contributed by atoms with Crippen molar-refractivity contribution >= 4 is 11.9 Å². The number of nitrogens with zero attached hydrogens (tertiary/aromatic N) is 3. The van der Waals surface area contributed by atoms with Crippen molar-refractivity contribution in [2.75, 3.05) is 14.1 Å². The van der Waals surface area contributed by atoms with E-state index in [1.54, 1.807) is 20.2 Å². The quantitative estimate of drug-likeness (QED) is 0.357. The fraction of sp³-hybridized carbons (Fsp3) is 0.200. The molecule has 0 unspecified atom stereocenters. The summed E-state index contributed by atoms with van der Waals surface area (Å²) < 4.78 is 45.6. The molecular weight excluding hydrogens is 460 g/mol. The van der Waals surface area contributed by atoms with Crippen molar-refractivity contribution < 1.29 is 32.6 Å². The van der Waals surface area contributed by atoms with Crippen molar-refractivity contribution in [1.29, 1.82) is 5.26 Å². The largest absolute Gasteiger partial charge is 0.436 e. The van der Waals surface area contributed by atoms with Crippen LogP contribution in [-0.4, -0.2) is 35.9 Å². The lowest BCUT2D eigenvalue weighted by molar-refractivity contribution is -0.132. The van der Waals surface area contributed by atoms with Gasteiger partial charge in [-0.1, -0.05) is 12.1 Å². The number of carbonyl (C=O) groups is 2. The highest BCUT2D eigenvalue weighted by molar-refractivity contribution is 5.80. The molecule has 35 heavy (non-hydrogen) atoms. The van der Waals surface area contributed by atoms with Crippen molar-refractivity contribution in [1.82, 2.24) is 9.88 Å². The van der Waals surface area contributed by atoms with Gasteiger partial charge in [-0.2, -0.15) is 10.2 Å². The van der Waals surface area contributed by atoms with Crippen molar-refractivity contribution in [3.63, 3.8) is 0 Å². The zero-order chi connectivity index (χ0) is 25.7. The molecular formula is C25H21F2N3O5. The minimum atomic E-state index is -1.05. The Hall–Kier alpha value is -4.52. The molecule has 3 rings (SSSR count). The van der Waals surface area contributed by atoms with Crippen LogP contribution in [0, 0.1) is 29.9 Å². The van der Waals surface area contributed by atoms with E-state index in [9.17, 15) is 18.4 Å². The molecule has 0 bridgehead atoms. The Bertz CT molecular complexity index is 1340. The SMILES string of the molecule is CC(=O)Oc1cc(Oc2nc(Oc3cccc(C#N)c3)c(F)c(C)c2F)ccc1CC(=O)N(C)C. The zero-order valence-corrected chi connectivity index (χ0v) is 19.4. The average Bonchev–Trinajstić information content (AvgIpc) is 2.82. The van der Waals surface area contributed by atoms with Gasteiger partial charge in [0.15, 0.2) is 11.6 Å². The van der Waals surface area contributed by atoms with Crippen LogP contribution in [0.1, 0.15) is 23.6 Å². The van der Waals surface area contributed by atoms with Gasteiger partial charge in [-0.15, -0.1) is 0 Å². The predicted octanol–water partition coefficient (Wildman–Crippen LogP) is 4.68. The Kier molecular flexibility index (Phi) is 7.61. The molecule has 0 saturated heterocycles. The van der Waals surface area contributed by atoms with Crippen LogP contribution in [-0.2, 0) is 16.0 Å². The maximum absolute atomic E-state index is 14.8. The normalized spacial score (nSPS) is 10.3. The van der Waals surface area contributed by atoms with Crippen LogP contribution >= 0.6 is 0 Å². The lowest BCUT2D eigenvalue weighted by Gasteiger charge is -2.15. The van der Waals surface area contributed by atoms with E-state index in [1.165, 1.54) is 55.1 Å². The summed E-state index contributed by atoms with van der Waals surface area (Å²) in [6, 6.07) is 12.1. The second-order valence-electron chi connectivity index (χ2n) is 7.65. The van der Waals surface area contributed by atoms with Crippen LogP contribution in [0.25, 0.3) is 0 Å². The molecule has 10 heteroatoms. The molecule has 0 aliphatic carbocycles. The van der Waals surface area contributed by atoms with Gasteiger partial charge >= 0.3 is 5.97 Å². The van der Waals surface area contributed by atoms with E-state index in [1.807, 2.05) is 6.07 Å². The number of hydrogen-bond acceptors (Lipinski definition) is 7. The first-order chi connectivity index (χ1) is 16.6. The van der Waals surface area contributed by atoms with Gasteiger partial charge in [0.2, 0.25) is 5.91 Å². The third-order valence-corrected chi connectivity index (χ3v) is 4.76. The highest BCUT2D eigenvalue weighted by Gasteiger charge is 2.22. The summed E-state index contributed by atoms with van der Waals surface area (Å²) in [5.74, 6) is -3.87. The van der Waals surface area contributed by atoms with Gasteiger partial charge in [0.05, 0.1) is 18.1 Å². The number of nitriles is 1. The van der Waals surface area contributed by atoms with E-state index in [0.717, 1.165) is 0 Å². The second kappa shape index (κ2) is 10.6. The molecule has 0 saturated carbocycles. The van der Waals surface area contributed by atoms with E-state index < -0.39 is 34.9 Å². The number of likely N-dealkylation sites (N-methyl/N-ethyl adjacent to an activating group) is 1. The molecule has 1 heterocycles. The van der Waals surface area contributed by atoms with Crippen molar-refractivity contribution in [2.24, 2.45) is 0 Å². The van der Waals surface area contributed by atoms with Crippen LogP contribution in [0.4, 0.5) is 8.78 Å². The number of rotatable bonds is 7. The summed E-state index contributed by atoms with van der Waals surface area (Å²) in [6.07, 6.45) is -0.0437. The van der Waals surface area contributed by atoms with Crippen LogP contribution < -0.4 is 14.2 Å². The first-order valence-corrected chi connectivity index (χ1v) is 10.3. The Balaban J connectivity index is 1.96. The summed E-state index contributed by atoms with van der Waals surface area (Å²) in [6.45, 7) is 2.39. The second-order valence-corrected chi connectivity index (χ2v) is 7.65. The lowest BCUT2D eigenvalue weighted by Crippen LogP contribution is -2.23. The van der Waals surface area contributed by atoms with E-state index in [4.69, 9.17) is 19.5 Å². The lowest BCUT2D eigenvalue weighted by atomic mass is 10.1. The monoisotopic (exact) mass is 481 g/mol. The minimum absolute atomic E-state index is 0.0251. The van der Waals surface area contributed by atoms with Crippen LogP contribution in [0.3, 0.4) is 0 Å². The number of benzene rings is 2. The van der Waals surface area contributed by atoms with Gasteiger partial charge in [-0.3, -0.25) is 9.59 Å². The topological polar surface area (TPSA) is 102 Å². The number of carbonyl (C=O) groups excluding carboxylic acids is 2. The predicted molar refractivity (Wildman–Crippen MR) is 120 cm³/mol. The summed E-state index contributed by atoms with van der Waals surface area (Å²) in [5, 5.41) is 9.03.